The van der Waals surface area contributed by atoms with Crippen LogP contribution < -0.4 is 14.4 Å². The second kappa shape index (κ2) is 6.73. The Balaban J connectivity index is 1.92. The first-order valence-corrected chi connectivity index (χ1v) is 8.02. The van der Waals surface area contributed by atoms with Crippen LogP contribution in [0.5, 0.6) is 11.5 Å². The highest BCUT2D eigenvalue weighted by Crippen LogP contribution is 2.36. The van der Waals surface area contributed by atoms with Crippen LogP contribution in [0.25, 0.3) is 0 Å². The Hall–Kier alpha value is -2.16. The van der Waals surface area contributed by atoms with Gasteiger partial charge in [0.15, 0.2) is 11.5 Å². The molecule has 0 unspecified atom stereocenters. The Bertz CT molecular complexity index is 622. The van der Waals surface area contributed by atoms with Crippen LogP contribution in [-0.4, -0.2) is 19.8 Å². The number of hydrogen-bond acceptors (Lipinski definition) is 3. The predicted molar refractivity (Wildman–Crippen MR) is 90.5 cm³/mol. The van der Waals surface area contributed by atoms with E-state index in [1.54, 1.807) is 0 Å². The maximum absolute atomic E-state index is 5.72. The molecular weight excluding hydrogens is 274 g/mol. The van der Waals surface area contributed by atoms with Crippen LogP contribution in [-0.2, 0) is 0 Å². The zero-order chi connectivity index (χ0) is 15.4. The van der Waals surface area contributed by atoms with Crippen molar-refractivity contribution in [2.75, 3.05) is 24.7 Å². The van der Waals surface area contributed by atoms with E-state index in [9.17, 15) is 0 Å². The molecule has 2 aromatic rings. The highest BCUT2D eigenvalue weighted by Gasteiger charge is 2.15. The van der Waals surface area contributed by atoms with Crippen molar-refractivity contribution in [1.82, 2.24) is 0 Å². The van der Waals surface area contributed by atoms with Crippen molar-refractivity contribution in [2.24, 2.45) is 0 Å². The highest BCUT2D eigenvalue weighted by molar-refractivity contribution is 5.66. The monoisotopic (exact) mass is 297 g/mol. The van der Waals surface area contributed by atoms with E-state index in [1.165, 1.54) is 17.7 Å². The molecule has 0 spiro atoms. The Labute approximate surface area is 132 Å². The molecular formula is C19H23NO2. The van der Waals surface area contributed by atoms with Gasteiger partial charge in [0.05, 0.1) is 0 Å². The van der Waals surface area contributed by atoms with Gasteiger partial charge in [-0.15, -0.1) is 0 Å². The number of anilines is 2. The summed E-state index contributed by atoms with van der Waals surface area (Å²) < 4.78 is 11.3. The molecule has 0 bridgehead atoms. The number of hydrogen-bond donors (Lipinski definition) is 0. The van der Waals surface area contributed by atoms with Crippen molar-refractivity contribution in [3.8, 4) is 11.5 Å². The van der Waals surface area contributed by atoms with Gasteiger partial charge in [-0.25, -0.2) is 0 Å². The lowest BCUT2D eigenvalue weighted by Gasteiger charge is -2.27. The van der Waals surface area contributed by atoms with E-state index in [-0.39, 0.29) is 0 Å². The zero-order valence-electron chi connectivity index (χ0n) is 13.3. The molecule has 1 heterocycles. The lowest BCUT2D eigenvalue weighted by Crippen LogP contribution is -2.20. The van der Waals surface area contributed by atoms with E-state index < -0.39 is 0 Å². The smallest absolute Gasteiger partial charge is 0.163 e. The summed E-state index contributed by atoms with van der Waals surface area (Å²) in [5, 5.41) is 0. The fourth-order valence-electron chi connectivity index (χ4n) is 2.65. The van der Waals surface area contributed by atoms with E-state index >= 15 is 0 Å². The Morgan fingerprint density at radius 3 is 2.32 bits per heavy atom. The summed E-state index contributed by atoms with van der Waals surface area (Å²) in [5.74, 6) is 1.69. The predicted octanol–water partition coefficient (Wildman–Crippen LogP) is 4.70. The van der Waals surface area contributed by atoms with Gasteiger partial charge in [-0.3, -0.25) is 0 Å². The molecule has 3 rings (SSSR count). The molecule has 0 aromatic heterocycles. The average molecular weight is 297 g/mol. The van der Waals surface area contributed by atoms with Gasteiger partial charge in [0.25, 0.3) is 0 Å². The van der Waals surface area contributed by atoms with Gasteiger partial charge in [-0.2, -0.15) is 0 Å². The van der Waals surface area contributed by atoms with Crippen molar-refractivity contribution < 1.29 is 9.47 Å². The summed E-state index contributed by atoms with van der Waals surface area (Å²) in [7, 11) is 0. The van der Waals surface area contributed by atoms with E-state index in [0.717, 1.165) is 30.2 Å². The summed E-state index contributed by atoms with van der Waals surface area (Å²) in [5.41, 5.74) is 3.65. The van der Waals surface area contributed by atoms with Gasteiger partial charge >= 0.3 is 0 Å². The summed E-state index contributed by atoms with van der Waals surface area (Å²) in [6, 6.07) is 14.9. The highest BCUT2D eigenvalue weighted by atomic mass is 16.6. The molecule has 0 atom stereocenters. The van der Waals surface area contributed by atoms with Crippen molar-refractivity contribution in [3.05, 3.63) is 48.0 Å². The molecule has 22 heavy (non-hydrogen) atoms. The van der Waals surface area contributed by atoms with Crippen LogP contribution >= 0.6 is 0 Å². The van der Waals surface area contributed by atoms with Crippen LogP contribution in [0.15, 0.2) is 42.5 Å². The molecule has 0 fully saturated rings. The summed E-state index contributed by atoms with van der Waals surface area (Å²) >= 11 is 0. The largest absolute Gasteiger partial charge is 0.486 e. The minimum absolute atomic E-state index is 0.621. The third-order valence-corrected chi connectivity index (χ3v) is 3.92. The lowest BCUT2D eigenvalue weighted by molar-refractivity contribution is 0.171. The van der Waals surface area contributed by atoms with Gasteiger partial charge in [0.2, 0.25) is 0 Å². The number of unbranched alkanes of at least 4 members (excludes halogenated alkanes) is 1. The molecule has 1 aliphatic rings. The molecule has 0 aliphatic carbocycles. The van der Waals surface area contributed by atoms with Crippen molar-refractivity contribution >= 4 is 11.4 Å². The van der Waals surface area contributed by atoms with Gasteiger partial charge in [-0.05, 0) is 37.6 Å². The quantitative estimate of drug-likeness (QED) is 0.798. The molecule has 0 amide bonds. The van der Waals surface area contributed by atoms with E-state index in [2.05, 4.69) is 55.1 Å². The topological polar surface area (TPSA) is 21.7 Å². The first kappa shape index (κ1) is 14.8. The molecule has 116 valence electrons. The van der Waals surface area contributed by atoms with E-state index in [4.69, 9.17) is 9.47 Å². The maximum Gasteiger partial charge on any atom is 0.163 e. The van der Waals surface area contributed by atoms with Gasteiger partial charge in [0, 0.05) is 24.0 Å². The molecule has 3 heteroatoms. The molecule has 0 saturated heterocycles. The van der Waals surface area contributed by atoms with Crippen molar-refractivity contribution in [3.63, 3.8) is 0 Å². The van der Waals surface area contributed by atoms with Gasteiger partial charge < -0.3 is 14.4 Å². The summed E-state index contributed by atoms with van der Waals surface area (Å²) in [6.45, 7) is 6.58. The van der Waals surface area contributed by atoms with Crippen LogP contribution in [0.2, 0.25) is 0 Å². The molecule has 1 aliphatic heterocycles. The van der Waals surface area contributed by atoms with E-state index in [0.29, 0.717) is 13.2 Å². The Morgan fingerprint density at radius 2 is 1.59 bits per heavy atom. The van der Waals surface area contributed by atoms with Crippen molar-refractivity contribution in [1.29, 1.82) is 0 Å². The molecule has 3 nitrogen and oxygen atoms in total. The molecule has 0 radical (unpaired) electrons. The third-order valence-electron chi connectivity index (χ3n) is 3.92. The molecule has 0 saturated carbocycles. The van der Waals surface area contributed by atoms with Gasteiger partial charge in [0.1, 0.15) is 13.2 Å². The number of benzene rings is 2. The number of nitrogens with zero attached hydrogens (tertiary/aromatic N) is 1. The van der Waals surface area contributed by atoms with Crippen LogP contribution in [0.4, 0.5) is 11.4 Å². The average Bonchev–Trinajstić information content (AvgIpc) is 2.56. The number of fused-ring (bicyclic) bond motifs is 1. The Kier molecular flexibility index (Phi) is 4.52. The summed E-state index contributed by atoms with van der Waals surface area (Å²) in [4.78, 5) is 2.35. The standard InChI is InChI=1S/C19H23NO2/c1-3-4-11-20(16-7-5-15(2)6-8-16)17-9-10-18-19(14-17)22-13-12-21-18/h5-10,14H,3-4,11-13H2,1-2H3. The van der Waals surface area contributed by atoms with E-state index in [1.807, 2.05) is 6.07 Å². The second-order valence-corrected chi connectivity index (χ2v) is 5.67. The van der Waals surface area contributed by atoms with Crippen molar-refractivity contribution in [2.45, 2.75) is 26.7 Å². The fourth-order valence-corrected chi connectivity index (χ4v) is 2.65. The second-order valence-electron chi connectivity index (χ2n) is 5.67. The fraction of sp³-hybridized carbons (Fsp3) is 0.368. The number of rotatable bonds is 5. The first-order valence-electron chi connectivity index (χ1n) is 8.02. The normalized spacial score (nSPS) is 13.0. The Morgan fingerprint density at radius 1 is 0.909 bits per heavy atom. The zero-order valence-corrected chi connectivity index (χ0v) is 13.3. The molecule has 0 N–H and O–H groups in total. The number of ether oxygens (including phenoxy) is 2. The SMILES string of the molecule is CCCCN(c1ccc(C)cc1)c1ccc2c(c1)OCCO2. The third kappa shape index (κ3) is 3.19. The minimum atomic E-state index is 0.621. The van der Waals surface area contributed by atoms with Gasteiger partial charge in [-0.1, -0.05) is 31.0 Å². The molecule has 2 aromatic carbocycles. The maximum atomic E-state index is 5.72. The van der Waals surface area contributed by atoms with Crippen LogP contribution in [0.1, 0.15) is 25.3 Å². The number of aryl methyl sites for hydroxylation is 1. The summed E-state index contributed by atoms with van der Waals surface area (Å²) in [6.07, 6.45) is 2.33. The van der Waals surface area contributed by atoms with Crippen LogP contribution in [0.3, 0.4) is 0 Å². The lowest BCUT2D eigenvalue weighted by atomic mass is 10.1. The van der Waals surface area contributed by atoms with Crippen LogP contribution in [0, 0.1) is 6.92 Å². The minimum Gasteiger partial charge on any atom is -0.486 e. The first-order chi connectivity index (χ1) is 10.8.